The normalized spacial score (nSPS) is 11.1. The van der Waals surface area contributed by atoms with Crippen LogP contribution in [0.5, 0.6) is 5.75 Å². The topological polar surface area (TPSA) is 84.5 Å². The average molecular weight is 479 g/mol. The molecule has 162 valence electrons. The molecule has 0 atom stereocenters. The molecule has 0 fully saturated rings. The maximum Gasteiger partial charge on any atom is 0.323 e. The van der Waals surface area contributed by atoms with E-state index in [9.17, 15) is 13.2 Å². The van der Waals surface area contributed by atoms with Crippen LogP contribution < -0.4 is 15.4 Å². The van der Waals surface area contributed by atoms with E-state index in [1.165, 1.54) is 13.2 Å². The minimum atomic E-state index is -3.64. The first-order chi connectivity index (χ1) is 14.7. The minimum absolute atomic E-state index is 0.139. The summed E-state index contributed by atoms with van der Waals surface area (Å²) < 4.78 is 31.1. The zero-order valence-electron chi connectivity index (χ0n) is 16.8. The van der Waals surface area contributed by atoms with E-state index < -0.39 is 15.9 Å². The molecule has 0 spiro atoms. The number of hydrogen-bond donors (Lipinski definition) is 2. The molecule has 0 aliphatic carbocycles. The monoisotopic (exact) mass is 478 g/mol. The molecule has 0 bridgehead atoms. The fraction of sp³-hybridized carbons (Fsp3) is 0.136. The lowest BCUT2D eigenvalue weighted by molar-refractivity contribution is 0.262. The Balaban J connectivity index is 1.80. The van der Waals surface area contributed by atoms with Crippen LogP contribution in [0.2, 0.25) is 10.0 Å². The highest BCUT2D eigenvalue weighted by atomic mass is 35.5. The van der Waals surface area contributed by atoms with Crippen LogP contribution in [-0.2, 0) is 15.6 Å². The van der Waals surface area contributed by atoms with E-state index in [4.69, 9.17) is 27.9 Å². The summed E-state index contributed by atoms with van der Waals surface area (Å²) in [5, 5.41) is 6.25. The number of benzene rings is 3. The van der Waals surface area contributed by atoms with Gasteiger partial charge >= 0.3 is 6.03 Å². The Morgan fingerprint density at radius 1 is 0.935 bits per heavy atom. The van der Waals surface area contributed by atoms with E-state index in [2.05, 4.69) is 10.6 Å². The zero-order chi connectivity index (χ0) is 22.6. The second-order valence-electron chi connectivity index (χ2n) is 6.79. The number of amides is 2. The van der Waals surface area contributed by atoms with Gasteiger partial charge in [0.25, 0.3) is 0 Å². The van der Waals surface area contributed by atoms with Crippen molar-refractivity contribution < 1.29 is 17.9 Å². The van der Waals surface area contributed by atoms with E-state index in [1.807, 2.05) is 0 Å². The number of sulfone groups is 1. The molecule has 3 rings (SSSR count). The second-order valence-corrected chi connectivity index (χ2v) is 9.62. The molecule has 0 unspecified atom stereocenters. The summed E-state index contributed by atoms with van der Waals surface area (Å²) in [6, 6.07) is 15.6. The molecule has 0 aromatic heterocycles. The highest BCUT2D eigenvalue weighted by Gasteiger charge is 2.19. The molecule has 6 nitrogen and oxygen atoms in total. The molecule has 0 aliphatic rings. The molecule has 0 heterocycles. The van der Waals surface area contributed by atoms with Gasteiger partial charge in [-0.1, -0.05) is 41.4 Å². The molecular weight excluding hydrogens is 459 g/mol. The number of ether oxygens (including phenoxy) is 1. The van der Waals surface area contributed by atoms with Crippen molar-refractivity contribution in [1.82, 2.24) is 0 Å². The van der Waals surface area contributed by atoms with E-state index in [1.54, 1.807) is 61.5 Å². The van der Waals surface area contributed by atoms with Crippen molar-refractivity contribution in [1.29, 1.82) is 0 Å². The number of nitrogens with one attached hydrogen (secondary N) is 2. The number of halogens is 2. The summed E-state index contributed by atoms with van der Waals surface area (Å²) in [5.41, 5.74) is 1.92. The highest BCUT2D eigenvalue weighted by Crippen LogP contribution is 2.28. The number of anilines is 2. The maximum atomic E-state index is 13.0. The number of carbonyl (C=O) groups excluding carboxylic acids is 1. The predicted octanol–water partition coefficient (Wildman–Crippen LogP) is 5.93. The Morgan fingerprint density at radius 2 is 1.61 bits per heavy atom. The van der Waals surface area contributed by atoms with Crippen LogP contribution in [-0.4, -0.2) is 21.6 Å². The van der Waals surface area contributed by atoms with Gasteiger partial charge in [-0.3, -0.25) is 0 Å². The molecule has 0 aliphatic heterocycles. The largest absolute Gasteiger partial charge is 0.495 e. The van der Waals surface area contributed by atoms with Crippen molar-refractivity contribution >= 4 is 50.4 Å². The van der Waals surface area contributed by atoms with Crippen LogP contribution in [0.25, 0.3) is 0 Å². The van der Waals surface area contributed by atoms with Crippen LogP contribution >= 0.6 is 23.2 Å². The van der Waals surface area contributed by atoms with E-state index >= 15 is 0 Å². The van der Waals surface area contributed by atoms with Gasteiger partial charge in [0, 0.05) is 15.7 Å². The summed E-state index contributed by atoms with van der Waals surface area (Å²) in [6.07, 6.45) is 0. The van der Waals surface area contributed by atoms with Gasteiger partial charge in [-0.25, -0.2) is 13.2 Å². The van der Waals surface area contributed by atoms with Gasteiger partial charge in [0.1, 0.15) is 5.75 Å². The first-order valence-electron chi connectivity index (χ1n) is 9.17. The van der Waals surface area contributed by atoms with Gasteiger partial charge < -0.3 is 15.4 Å². The lowest BCUT2D eigenvalue weighted by Gasteiger charge is -2.13. The Morgan fingerprint density at radius 3 is 2.29 bits per heavy atom. The van der Waals surface area contributed by atoms with Crippen molar-refractivity contribution in [2.75, 3.05) is 17.7 Å². The highest BCUT2D eigenvalue weighted by molar-refractivity contribution is 7.90. The molecule has 0 saturated heterocycles. The third kappa shape index (κ3) is 5.91. The predicted molar refractivity (Wildman–Crippen MR) is 124 cm³/mol. The van der Waals surface area contributed by atoms with E-state index in [0.717, 1.165) is 0 Å². The number of methoxy groups -OCH3 is 1. The van der Waals surface area contributed by atoms with Gasteiger partial charge in [0.15, 0.2) is 9.84 Å². The Hall–Kier alpha value is -2.74. The van der Waals surface area contributed by atoms with Crippen LogP contribution in [0.3, 0.4) is 0 Å². The lowest BCUT2D eigenvalue weighted by Crippen LogP contribution is -2.20. The maximum absolute atomic E-state index is 13.0. The van der Waals surface area contributed by atoms with Gasteiger partial charge in [0.05, 0.1) is 23.4 Å². The van der Waals surface area contributed by atoms with Crippen LogP contribution in [0.1, 0.15) is 11.1 Å². The Kier molecular flexibility index (Phi) is 7.10. The van der Waals surface area contributed by atoms with Crippen LogP contribution in [0.15, 0.2) is 65.6 Å². The summed E-state index contributed by atoms with van der Waals surface area (Å²) >= 11 is 11.8. The summed E-state index contributed by atoms with van der Waals surface area (Å²) in [7, 11) is -2.17. The van der Waals surface area contributed by atoms with Crippen molar-refractivity contribution in [3.63, 3.8) is 0 Å². The molecule has 2 N–H and O–H groups in total. The number of aryl methyl sites for hydroxylation is 1. The fourth-order valence-electron chi connectivity index (χ4n) is 2.95. The number of hydrogen-bond acceptors (Lipinski definition) is 4. The molecule has 0 saturated carbocycles. The third-order valence-electron chi connectivity index (χ3n) is 4.46. The Labute approximate surface area is 191 Å². The summed E-state index contributed by atoms with van der Waals surface area (Å²) in [4.78, 5) is 12.6. The third-order valence-corrected chi connectivity index (χ3v) is 6.77. The van der Waals surface area contributed by atoms with Crippen molar-refractivity contribution in [3.8, 4) is 5.75 Å². The van der Waals surface area contributed by atoms with Gasteiger partial charge in [0.2, 0.25) is 0 Å². The van der Waals surface area contributed by atoms with Gasteiger partial charge in [-0.2, -0.15) is 0 Å². The van der Waals surface area contributed by atoms with Crippen molar-refractivity contribution in [3.05, 3.63) is 81.8 Å². The average Bonchev–Trinajstić information content (AvgIpc) is 2.71. The second kappa shape index (κ2) is 9.60. The van der Waals surface area contributed by atoms with Gasteiger partial charge in [-0.15, -0.1) is 0 Å². The minimum Gasteiger partial charge on any atom is -0.495 e. The zero-order valence-corrected chi connectivity index (χ0v) is 19.1. The number of rotatable bonds is 6. The lowest BCUT2D eigenvalue weighted by atomic mass is 10.2. The standard InChI is InChI=1S/C22H20Cl2N2O4S/c1-14-3-9-18(25-22(27)26-19-11-17(24)8-10-20(19)30-2)12-21(14)31(28,29)13-15-4-6-16(23)7-5-15/h3-12H,13H2,1-2H3,(H2,25,26,27). The molecule has 3 aromatic rings. The summed E-state index contributed by atoms with van der Waals surface area (Å²) in [5.74, 6) is 0.259. The molecule has 31 heavy (non-hydrogen) atoms. The van der Waals surface area contributed by atoms with Crippen LogP contribution in [0, 0.1) is 6.92 Å². The van der Waals surface area contributed by atoms with E-state index in [-0.39, 0.29) is 10.6 Å². The Bertz CT molecular complexity index is 1210. The summed E-state index contributed by atoms with van der Waals surface area (Å²) in [6.45, 7) is 1.70. The number of carbonyl (C=O) groups is 1. The van der Waals surface area contributed by atoms with Crippen molar-refractivity contribution in [2.45, 2.75) is 17.6 Å². The smallest absolute Gasteiger partial charge is 0.323 e. The fourth-order valence-corrected chi connectivity index (χ4v) is 4.90. The molecular formula is C22H20Cl2N2O4S. The van der Waals surface area contributed by atoms with Gasteiger partial charge in [-0.05, 0) is 60.5 Å². The van der Waals surface area contributed by atoms with Crippen molar-refractivity contribution in [2.24, 2.45) is 0 Å². The molecule has 3 aromatic carbocycles. The SMILES string of the molecule is COc1ccc(Cl)cc1NC(=O)Nc1ccc(C)c(S(=O)(=O)Cc2ccc(Cl)cc2)c1. The molecule has 2 amide bonds. The van der Waals surface area contributed by atoms with Crippen LogP contribution in [0.4, 0.5) is 16.2 Å². The van der Waals surface area contributed by atoms with E-state index in [0.29, 0.717) is 38.3 Å². The first kappa shape index (κ1) is 22.9. The number of urea groups is 1. The first-order valence-corrected chi connectivity index (χ1v) is 11.6. The quantitative estimate of drug-likeness (QED) is 0.459. The molecule has 9 heteroatoms. The molecule has 0 radical (unpaired) electrons.